The van der Waals surface area contributed by atoms with Crippen LogP contribution in [0.3, 0.4) is 0 Å². The molecule has 140 valence electrons. The summed E-state index contributed by atoms with van der Waals surface area (Å²) in [5.41, 5.74) is 0.155. The fourth-order valence-electron chi connectivity index (χ4n) is 3.69. The molecule has 2 heterocycles. The number of carbonyl (C=O) groups is 1. The van der Waals surface area contributed by atoms with E-state index in [0.29, 0.717) is 25.9 Å². The summed E-state index contributed by atoms with van der Waals surface area (Å²) in [6, 6.07) is 3.98. The van der Waals surface area contributed by atoms with Gasteiger partial charge in [-0.25, -0.2) is 13.8 Å². The van der Waals surface area contributed by atoms with Crippen molar-refractivity contribution in [3.8, 4) is 0 Å². The van der Waals surface area contributed by atoms with Crippen molar-refractivity contribution in [2.45, 2.75) is 45.6 Å². The number of rotatable bonds is 6. The zero-order valence-electron chi connectivity index (χ0n) is 15.1. The van der Waals surface area contributed by atoms with Crippen molar-refractivity contribution in [1.29, 1.82) is 0 Å². The van der Waals surface area contributed by atoms with Crippen LogP contribution in [0, 0.1) is 17.6 Å². The van der Waals surface area contributed by atoms with Gasteiger partial charge in [0.1, 0.15) is 24.0 Å². The summed E-state index contributed by atoms with van der Waals surface area (Å²) in [6.45, 7) is 3.73. The van der Waals surface area contributed by atoms with E-state index < -0.39 is 11.6 Å². The number of hydrogen-bond acceptors (Lipinski definition) is 2. The molecule has 0 unspecified atom stereocenters. The lowest BCUT2D eigenvalue weighted by atomic mass is 9.91. The van der Waals surface area contributed by atoms with Crippen molar-refractivity contribution < 1.29 is 13.6 Å². The molecule has 1 aromatic carbocycles. The van der Waals surface area contributed by atoms with Gasteiger partial charge < -0.3 is 9.47 Å². The molecule has 6 heteroatoms. The van der Waals surface area contributed by atoms with Crippen LogP contribution in [0.1, 0.15) is 37.6 Å². The second-order valence-electron chi connectivity index (χ2n) is 6.91. The molecule has 0 saturated carbocycles. The Bertz CT molecular complexity index is 739. The first-order valence-corrected chi connectivity index (χ1v) is 9.29. The van der Waals surface area contributed by atoms with Gasteiger partial charge in [-0.2, -0.15) is 0 Å². The summed E-state index contributed by atoms with van der Waals surface area (Å²) in [5, 5.41) is 0. The Labute approximate surface area is 152 Å². The minimum Gasteiger partial charge on any atom is -0.341 e. The van der Waals surface area contributed by atoms with E-state index >= 15 is 0 Å². The first kappa shape index (κ1) is 18.5. The van der Waals surface area contributed by atoms with Crippen LogP contribution < -0.4 is 0 Å². The highest BCUT2D eigenvalue weighted by molar-refractivity contribution is 5.76. The average molecular weight is 361 g/mol. The number of aryl methyl sites for hydroxylation is 1. The first-order valence-electron chi connectivity index (χ1n) is 9.29. The summed E-state index contributed by atoms with van der Waals surface area (Å²) in [5.74, 6) is 0.295. The minimum atomic E-state index is -0.485. The topological polar surface area (TPSA) is 38.1 Å². The van der Waals surface area contributed by atoms with Crippen LogP contribution in [0.4, 0.5) is 8.78 Å². The molecule has 1 saturated heterocycles. The molecule has 4 nitrogen and oxygen atoms in total. The largest absolute Gasteiger partial charge is 0.341 e. The van der Waals surface area contributed by atoms with E-state index in [2.05, 4.69) is 4.98 Å². The number of aromatic nitrogens is 2. The predicted octanol–water partition coefficient (Wildman–Crippen LogP) is 3.60. The Morgan fingerprint density at radius 2 is 2.08 bits per heavy atom. The second kappa shape index (κ2) is 8.43. The summed E-state index contributed by atoms with van der Waals surface area (Å²) >= 11 is 0. The van der Waals surface area contributed by atoms with Crippen LogP contribution in [-0.2, 0) is 24.2 Å². The lowest BCUT2D eigenvalue weighted by Gasteiger charge is -2.33. The quantitative estimate of drug-likeness (QED) is 0.789. The van der Waals surface area contributed by atoms with Crippen molar-refractivity contribution >= 4 is 5.91 Å². The highest BCUT2D eigenvalue weighted by Gasteiger charge is 2.24. The second-order valence-corrected chi connectivity index (χ2v) is 6.91. The molecule has 1 atom stereocenters. The Kier molecular flexibility index (Phi) is 6.01. The van der Waals surface area contributed by atoms with Crippen LogP contribution in [-0.4, -0.2) is 33.4 Å². The number of piperidine rings is 1. The Morgan fingerprint density at radius 3 is 2.81 bits per heavy atom. The number of halogens is 2. The lowest BCUT2D eigenvalue weighted by Crippen LogP contribution is -2.41. The van der Waals surface area contributed by atoms with Crippen molar-refractivity contribution in [3.05, 3.63) is 53.6 Å². The van der Waals surface area contributed by atoms with Crippen molar-refractivity contribution in [2.75, 3.05) is 13.1 Å². The zero-order chi connectivity index (χ0) is 18.5. The van der Waals surface area contributed by atoms with E-state index in [1.54, 1.807) is 6.20 Å². The SMILES string of the molecule is CCc1nccn1CC(=O)N1CCC[C@@H](CCc2c(F)cccc2F)C1. The van der Waals surface area contributed by atoms with Gasteiger partial charge in [-0.1, -0.05) is 13.0 Å². The molecule has 1 fully saturated rings. The van der Waals surface area contributed by atoms with Gasteiger partial charge in [-0.05, 0) is 43.7 Å². The smallest absolute Gasteiger partial charge is 0.242 e. The van der Waals surface area contributed by atoms with Crippen LogP contribution in [0.15, 0.2) is 30.6 Å². The normalized spacial score (nSPS) is 17.5. The average Bonchev–Trinajstić information content (AvgIpc) is 3.08. The highest BCUT2D eigenvalue weighted by Crippen LogP contribution is 2.24. The van der Waals surface area contributed by atoms with Crippen molar-refractivity contribution in [3.63, 3.8) is 0 Å². The Balaban J connectivity index is 1.56. The number of carbonyl (C=O) groups excluding carboxylic acids is 1. The molecule has 0 aliphatic carbocycles. The third-order valence-corrected chi connectivity index (χ3v) is 5.16. The fraction of sp³-hybridized carbons (Fsp3) is 0.500. The number of imidazole rings is 1. The summed E-state index contributed by atoms with van der Waals surface area (Å²) in [4.78, 5) is 18.7. The van der Waals surface area contributed by atoms with Gasteiger partial charge in [0.15, 0.2) is 0 Å². The van der Waals surface area contributed by atoms with E-state index in [1.807, 2.05) is 22.6 Å². The van der Waals surface area contributed by atoms with Crippen molar-refractivity contribution in [2.24, 2.45) is 5.92 Å². The van der Waals surface area contributed by atoms with Crippen LogP contribution in [0.25, 0.3) is 0 Å². The molecule has 1 aromatic heterocycles. The van der Waals surface area contributed by atoms with Gasteiger partial charge in [-0.15, -0.1) is 0 Å². The molecule has 0 N–H and O–H groups in total. The molecule has 0 radical (unpaired) electrons. The summed E-state index contributed by atoms with van der Waals surface area (Å²) in [7, 11) is 0. The minimum absolute atomic E-state index is 0.0828. The van der Waals surface area contributed by atoms with E-state index in [4.69, 9.17) is 0 Å². The molecule has 1 aliphatic rings. The van der Waals surface area contributed by atoms with Gasteiger partial charge in [0.05, 0.1) is 0 Å². The Morgan fingerprint density at radius 1 is 1.31 bits per heavy atom. The van der Waals surface area contributed by atoms with Gasteiger partial charge >= 0.3 is 0 Å². The van der Waals surface area contributed by atoms with Gasteiger partial charge in [0, 0.05) is 37.5 Å². The lowest BCUT2D eigenvalue weighted by molar-refractivity contribution is -0.133. The van der Waals surface area contributed by atoms with Gasteiger partial charge in [-0.3, -0.25) is 4.79 Å². The number of benzene rings is 1. The van der Waals surface area contributed by atoms with Gasteiger partial charge in [0.2, 0.25) is 5.91 Å². The number of hydrogen-bond donors (Lipinski definition) is 0. The Hall–Kier alpha value is -2.24. The molecule has 1 amide bonds. The highest BCUT2D eigenvalue weighted by atomic mass is 19.1. The van der Waals surface area contributed by atoms with E-state index in [0.717, 1.165) is 31.6 Å². The summed E-state index contributed by atoms with van der Waals surface area (Å²) in [6.07, 6.45) is 7.32. The summed E-state index contributed by atoms with van der Waals surface area (Å²) < 4.78 is 29.4. The maximum Gasteiger partial charge on any atom is 0.242 e. The van der Waals surface area contributed by atoms with Crippen LogP contribution >= 0.6 is 0 Å². The fourth-order valence-corrected chi connectivity index (χ4v) is 3.69. The molecule has 2 aromatic rings. The molecule has 1 aliphatic heterocycles. The van der Waals surface area contributed by atoms with Crippen LogP contribution in [0.2, 0.25) is 0 Å². The molecular weight excluding hydrogens is 336 g/mol. The number of amides is 1. The molecular formula is C20H25F2N3O. The maximum atomic E-state index is 13.8. The number of likely N-dealkylation sites (tertiary alicyclic amines) is 1. The predicted molar refractivity (Wildman–Crippen MR) is 95.6 cm³/mol. The van der Waals surface area contributed by atoms with Gasteiger partial charge in [0.25, 0.3) is 0 Å². The zero-order valence-corrected chi connectivity index (χ0v) is 15.1. The van der Waals surface area contributed by atoms with E-state index in [9.17, 15) is 13.6 Å². The third kappa shape index (κ3) is 4.29. The standard InChI is InChI=1S/C20H25F2N3O/c1-2-19-23-10-12-24(19)14-20(26)25-11-4-5-15(13-25)8-9-16-17(21)6-3-7-18(16)22/h3,6-7,10,12,15H,2,4-5,8-9,11,13-14H2,1H3/t15-/m0/s1. The van der Waals surface area contributed by atoms with E-state index in [1.165, 1.54) is 18.2 Å². The molecule has 0 spiro atoms. The van der Waals surface area contributed by atoms with Crippen LogP contribution in [0.5, 0.6) is 0 Å². The number of nitrogens with zero attached hydrogens (tertiary/aromatic N) is 3. The monoisotopic (exact) mass is 361 g/mol. The first-order chi connectivity index (χ1) is 12.6. The molecule has 0 bridgehead atoms. The maximum absolute atomic E-state index is 13.8. The van der Waals surface area contributed by atoms with Crippen molar-refractivity contribution in [1.82, 2.24) is 14.5 Å². The molecule has 26 heavy (non-hydrogen) atoms. The molecule has 3 rings (SSSR count). The third-order valence-electron chi connectivity index (χ3n) is 5.16. The van der Waals surface area contributed by atoms with E-state index in [-0.39, 0.29) is 17.4 Å².